The molecule has 0 rings (SSSR count). The molecule has 0 aromatic heterocycles. The summed E-state index contributed by atoms with van der Waals surface area (Å²) in [7, 11) is 0. The maximum atomic E-state index is 11.0. The van der Waals surface area contributed by atoms with Gasteiger partial charge in [0.2, 0.25) is 5.78 Å². The summed E-state index contributed by atoms with van der Waals surface area (Å²) in [6, 6.07) is 0. The van der Waals surface area contributed by atoms with E-state index in [2.05, 4.69) is 0 Å². The topological polar surface area (TPSA) is 135 Å². The minimum Gasteiger partial charge on any atom is -0.394 e. The molecule has 88 valence electrons. The highest BCUT2D eigenvalue weighted by Gasteiger charge is 2.35. The number of hydrogen-bond donors (Lipinski definition) is 5. The highest BCUT2D eigenvalue weighted by Crippen LogP contribution is 2.06. The van der Waals surface area contributed by atoms with Crippen LogP contribution in [0.1, 0.15) is 8.27 Å². The average Bonchev–Trinajstić information content (AvgIpc) is 2.32. The number of carbonyl (C=O) groups is 2. The molecule has 0 saturated heterocycles. The lowest BCUT2D eigenvalue weighted by molar-refractivity contribution is -0.153. The Morgan fingerprint density at radius 2 is 1.73 bits per heavy atom. The second-order valence-electron chi connectivity index (χ2n) is 2.96. The molecule has 7 heteroatoms. The van der Waals surface area contributed by atoms with E-state index in [1.807, 2.05) is 0 Å². The number of ketones is 2. The fourth-order valence-corrected chi connectivity index (χ4v) is 0.842. The Balaban J connectivity index is 4.54. The molecule has 0 heterocycles. The largest absolute Gasteiger partial charge is 0.394 e. The van der Waals surface area contributed by atoms with Gasteiger partial charge in [-0.3, -0.25) is 9.59 Å². The Hall–Kier alpha value is -0.860. The van der Waals surface area contributed by atoms with Crippen LogP contribution in [-0.2, 0) is 9.59 Å². The van der Waals surface area contributed by atoms with Crippen molar-refractivity contribution in [1.29, 1.82) is 0 Å². The van der Waals surface area contributed by atoms with Crippen molar-refractivity contribution in [2.45, 2.75) is 31.3 Å². The summed E-state index contributed by atoms with van der Waals surface area (Å²) in [6.07, 6.45) is -8.05. The molecule has 0 aromatic rings. The van der Waals surface area contributed by atoms with Gasteiger partial charge < -0.3 is 25.5 Å². The first-order valence-corrected chi connectivity index (χ1v) is 4.06. The minimum absolute atomic E-state index is 0.883. The van der Waals surface area contributed by atoms with Gasteiger partial charge in [-0.25, -0.2) is 0 Å². The zero-order valence-corrected chi connectivity index (χ0v) is 7.78. The molecule has 7 nitrogen and oxygen atoms in total. The van der Waals surface area contributed by atoms with E-state index in [1.165, 1.54) is 0 Å². The molecule has 0 unspecified atom stereocenters. The lowest BCUT2D eigenvalue weighted by Crippen LogP contribution is -2.49. The quantitative estimate of drug-likeness (QED) is 0.296. The second kappa shape index (κ2) is 5.89. The van der Waals surface area contributed by atoms with E-state index in [1.54, 1.807) is 0 Å². The predicted octanol–water partition coefficient (Wildman–Crippen LogP) is -3.42. The molecule has 0 bridgehead atoms. The van der Waals surface area contributed by atoms with Crippen molar-refractivity contribution < 1.29 is 36.5 Å². The number of aliphatic hydroxyl groups excluding tert-OH is 5. The van der Waals surface area contributed by atoms with Gasteiger partial charge in [-0.15, -0.1) is 0 Å². The summed E-state index contributed by atoms with van der Waals surface area (Å²) < 4.78 is 6.59. The van der Waals surface area contributed by atoms with Crippen molar-refractivity contribution in [2.75, 3.05) is 6.61 Å². The monoisotopic (exact) mass is 223 g/mol. The van der Waals surface area contributed by atoms with Gasteiger partial charge in [0.15, 0.2) is 5.78 Å². The molecule has 0 aliphatic heterocycles. The van der Waals surface area contributed by atoms with Gasteiger partial charge in [-0.2, -0.15) is 0 Å². The van der Waals surface area contributed by atoms with Crippen molar-refractivity contribution in [1.82, 2.24) is 0 Å². The molecule has 0 saturated carbocycles. The van der Waals surface area contributed by atoms with Gasteiger partial charge in [0.05, 0.1) is 6.61 Å². The minimum atomic E-state index is -2.23. The third-order valence-electron chi connectivity index (χ3n) is 1.80. The highest BCUT2D eigenvalue weighted by atomic mass is 16.4. The lowest BCUT2D eigenvalue weighted by Gasteiger charge is -2.24. The Bertz CT molecular complexity index is 257. The number of aliphatic hydroxyl groups is 5. The van der Waals surface area contributed by atoms with E-state index < -0.39 is 49.5 Å². The Morgan fingerprint density at radius 1 is 1.20 bits per heavy atom. The van der Waals surface area contributed by atoms with Crippen LogP contribution in [-0.4, -0.2) is 68.1 Å². The summed E-state index contributed by atoms with van der Waals surface area (Å²) in [5.41, 5.74) is 0. The molecule has 0 aliphatic rings. The molecule has 0 aromatic carbocycles. The first-order valence-electron chi connectivity index (χ1n) is 4.76. The summed E-state index contributed by atoms with van der Waals surface area (Å²) in [5, 5.41) is 44.8. The zero-order valence-electron chi connectivity index (χ0n) is 8.78. The van der Waals surface area contributed by atoms with Gasteiger partial charge in [0, 0.05) is 8.27 Å². The maximum Gasteiger partial charge on any atom is 0.229 e. The molecule has 0 spiro atoms. The van der Waals surface area contributed by atoms with Crippen LogP contribution in [0.5, 0.6) is 0 Å². The predicted molar refractivity (Wildman–Crippen MR) is 46.8 cm³/mol. The molecule has 5 N–H and O–H groups in total. The number of Topliss-reactive ketones (excluding diaryl/α,β-unsaturated/α-hetero) is 2. The van der Waals surface area contributed by atoms with Crippen molar-refractivity contribution in [3.63, 3.8) is 0 Å². The first kappa shape index (κ1) is 12.2. The maximum absolute atomic E-state index is 11.0. The van der Waals surface area contributed by atoms with Gasteiger partial charge >= 0.3 is 0 Å². The van der Waals surface area contributed by atoms with Crippen LogP contribution >= 0.6 is 0 Å². The van der Waals surface area contributed by atoms with Gasteiger partial charge in [-0.1, -0.05) is 0 Å². The molecule has 0 amide bonds. The first-order chi connectivity index (χ1) is 7.36. The molecule has 15 heavy (non-hydrogen) atoms. The van der Waals surface area contributed by atoms with Crippen molar-refractivity contribution >= 4 is 11.6 Å². The van der Waals surface area contributed by atoms with Crippen molar-refractivity contribution in [2.24, 2.45) is 0 Å². The Kier molecular flexibility index (Phi) is 4.79. The third-order valence-corrected chi connectivity index (χ3v) is 1.80. The fourth-order valence-electron chi connectivity index (χ4n) is 0.842. The third kappa shape index (κ3) is 3.65. The van der Waals surface area contributed by atoms with E-state index in [9.17, 15) is 14.7 Å². The van der Waals surface area contributed by atoms with E-state index in [4.69, 9.17) is 21.8 Å². The lowest BCUT2D eigenvalue weighted by atomic mass is 9.99. The van der Waals surface area contributed by atoms with Crippen LogP contribution < -0.4 is 0 Å². The number of rotatable bonds is 6. The van der Waals surface area contributed by atoms with Crippen molar-refractivity contribution in [3.05, 3.63) is 0 Å². The SMILES string of the molecule is [2H]CC(=O)C(=O)[C@H](O)[C@@H](O)[C@@H](O)[C@H](O)CO. The molecular weight excluding hydrogens is 208 g/mol. The highest BCUT2D eigenvalue weighted by molar-refractivity contribution is 6.38. The van der Waals surface area contributed by atoms with Gasteiger partial charge in [0.1, 0.15) is 24.4 Å². The van der Waals surface area contributed by atoms with Gasteiger partial charge in [-0.05, 0) is 0 Å². The number of carbonyl (C=O) groups excluding carboxylic acids is 2. The van der Waals surface area contributed by atoms with Crippen LogP contribution in [0, 0.1) is 0 Å². The van der Waals surface area contributed by atoms with E-state index in [-0.39, 0.29) is 0 Å². The summed E-state index contributed by atoms with van der Waals surface area (Å²) in [5.74, 6) is -2.65. The molecule has 0 radical (unpaired) electrons. The van der Waals surface area contributed by atoms with Crippen LogP contribution in [0.25, 0.3) is 0 Å². The Morgan fingerprint density at radius 3 is 2.13 bits per heavy atom. The molecular formula is C8H14O7. The smallest absolute Gasteiger partial charge is 0.229 e. The summed E-state index contributed by atoms with van der Waals surface area (Å²) in [4.78, 5) is 21.7. The molecule has 0 aliphatic carbocycles. The van der Waals surface area contributed by atoms with Gasteiger partial charge in [0.25, 0.3) is 0 Å². The van der Waals surface area contributed by atoms with Crippen LogP contribution in [0.2, 0.25) is 0 Å². The average molecular weight is 223 g/mol. The standard InChI is InChI=1S/C8H14O7/c1-3(10)5(12)7(14)8(15)6(13)4(11)2-9/h4,6-9,11,13-15H,2H2,1H3/t4-,6+,7+,8+/m1/s1/i1D. The normalized spacial score (nSPS) is 19.9. The van der Waals surface area contributed by atoms with E-state index in [0.29, 0.717) is 0 Å². The zero-order chi connectivity index (χ0) is 12.9. The molecule has 4 atom stereocenters. The second-order valence-corrected chi connectivity index (χ2v) is 2.96. The van der Waals surface area contributed by atoms with Crippen LogP contribution in [0.15, 0.2) is 0 Å². The van der Waals surface area contributed by atoms with Crippen LogP contribution in [0.3, 0.4) is 0 Å². The molecule has 0 fully saturated rings. The Labute approximate surface area is 87.0 Å². The van der Waals surface area contributed by atoms with Crippen molar-refractivity contribution in [3.8, 4) is 0 Å². The summed E-state index contributed by atoms with van der Waals surface area (Å²) in [6.45, 7) is -1.77. The van der Waals surface area contributed by atoms with E-state index >= 15 is 0 Å². The van der Waals surface area contributed by atoms with Crippen LogP contribution in [0.4, 0.5) is 0 Å². The summed E-state index contributed by atoms with van der Waals surface area (Å²) >= 11 is 0. The van der Waals surface area contributed by atoms with E-state index in [0.717, 1.165) is 0 Å². The number of hydrogen-bond acceptors (Lipinski definition) is 7. The fraction of sp³-hybridized carbons (Fsp3) is 0.750.